The molecule has 0 aliphatic carbocycles. The lowest BCUT2D eigenvalue weighted by Gasteiger charge is -2.06. The Morgan fingerprint density at radius 1 is 1.38 bits per heavy atom. The molecule has 0 saturated heterocycles. The van der Waals surface area contributed by atoms with Crippen LogP contribution in [0.25, 0.3) is 10.9 Å². The molecule has 0 aliphatic heterocycles. The molecule has 84 valence electrons. The molecule has 2 aromatic rings. The molecule has 0 unspecified atom stereocenters. The first kappa shape index (κ1) is 10.8. The minimum absolute atomic E-state index is 0.0598. The van der Waals surface area contributed by atoms with Gasteiger partial charge >= 0.3 is 0 Å². The van der Waals surface area contributed by atoms with E-state index in [1.165, 1.54) is 10.9 Å². The highest BCUT2D eigenvalue weighted by atomic mass is 16.5. The molecule has 16 heavy (non-hydrogen) atoms. The fourth-order valence-electron chi connectivity index (χ4n) is 1.43. The van der Waals surface area contributed by atoms with Gasteiger partial charge in [-0.15, -0.1) is 0 Å². The van der Waals surface area contributed by atoms with Crippen LogP contribution in [0.5, 0.6) is 0 Å². The van der Waals surface area contributed by atoms with Gasteiger partial charge in [0.25, 0.3) is 5.56 Å². The standard InChI is InChI=1S/C11H12N2O3/c14-5-6-16-8-13-7-12-10-4-2-1-3-9(10)11(13)15/h1-4,7,14H,5-6,8H2. The van der Waals surface area contributed by atoms with Gasteiger partial charge in [0, 0.05) is 0 Å². The lowest BCUT2D eigenvalue weighted by atomic mass is 10.2. The number of nitrogens with zero attached hydrogens (tertiary/aromatic N) is 2. The number of fused-ring (bicyclic) bond motifs is 1. The van der Waals surface area contributed by atoms with Crippen LogP contribution in [0, 0.1) is 0 Å². The van der Waals surface area contributed by atoms with E-state index >= 15 is 0 Å². The Hall–Kier alpha value is -1.72. The van der Waals surface area contributed by atoms with Gasteiger partial charge in [0.15, 0.2) is 0 Å². The molecule has 1 aromatic carbocycles. The number of para-hydroxylation sites is 1. The number of hydrogen-bond acceptors (Lipinski definition) is 4. The second kappa shape index (κ2) is 4.87. The van der Waals surface area contributed by atoms with Crippen LogP contribution in [0.1, 0.15) is 0 Å². The van der Waals surface area contributed by atoms with Gasteiger partial charge in [-0.25, -0.2) is 4.98 Å². The molecule has 2 rings (SSSR count). The summed E-state index contributed by atoms with van der Waals surface area (Å²) < 4.78 is 6.44. The molecule has 0 saturated carbocycles. The first-order chi connectivity index (χ1) is 7.83. The quantitative estimate of drug-likeness (QED) is 0.756. The summed E-state index contributed by atoms with van der Waals surface area (Å²) in [6.07, 6.45) is 1.45. The second-order valence-electron chi connectivity index (χ2n) is 3.30. The summed E-state index contributed by atoms with van der Waals surface area (Å²) >= 11 is 0. The minimum Gasteiger partial charge on any atom is -0.394 e. The zero-order chi connectivity index (χ0) is 11.4. The number of benzene rings is 1. The predicted octanol–water partition coefficient (Wildman–Crippen LogP) is 0.363. The van der Waals surface area contributed by atoms with Crippen LogP contribution in [0.3, 0.4) is 0 Å². The Bertz CT molecular complexity index is 536. The summed E-state index contributed by atoms with van der Waals surface area (Å²) in [4.78, 5) is 16.0. The van der Waals surface area contributed by atoms with E-state index in [2.05, 4.69) is 4.98 Å². The maximum Gasteiger partial charge on any atom is 0.263 e. The Morgan fingerprint density at radius 3 is 3.00 bits per heavy atom. The largest absolute Gasteiger partial charge is 0.394 e. The zero-order valence-corrected chi connectivity index (χ0v) is 8.67. The van der Waals surface area contributed by atoms with Crippen LogP contribution in [0.15, 0.2) is 35.4 Å². The van der Waals surface area contributed by atoms with Gasteiger partial charge in [-0.3, -0.25) is 9.36 Å². The van der Waals surface area contributed by atoms with Gasteiger partial charge in [-0.05, 0) is 12.1 Å². The fourth-order valence-corrected chi connectivity index (χ4v) is 1.43. The average Bonchev–Trinajstić information content (AvgIpc) is 2.33. The molecule has 0 amide bonds. The Labute approximate surface area is 91.9 Å². The van der Waals surface area contributed by atoms with Gasteiger partial charge in [0.1, 0.15) is 13.1 Å². The summed E-state index contributed by atoms with van der Waals surface area (Å²) in [5.41, 5.74) is 0.537. The lowest BCUT2D eigenvalue weighted by molar-refractivity contribution is 0.0462. The van der Waals surface area contributed by atoms with E-state index in [-0.39, 0.29) is 25.5 Å². The van der Waals surface area contributed by atoms with E-state index in [4.69, 9.17) is 9.84 Å². The van der Waals surface area contributed by atoms with Crippen molar-refractivity contribution in [1.82, 2.24) is 9.55 Å². The van der Waals surface area contributed by atoms with Gasteiger partial charge in [0.05, 0.1) is 24.1 Å². The lowest BCUT2D eigenvalue weighted by Crippen LogP contribution is -2.22. The first-order valence-electron chi connectivity index (χ1n) is 4.95. The highest BCUT2D eigenvalue weighted by Crippen LogP contribution is 2.04. The number of aromatic nitrogens is 2. The SMILES string of the molecule is O=c1c2ccccc2ncn1COCCO. The van der Waals surface area contributed by atoms with Crippen LogP contribution in [-0.4, -0.2) is 27.9 Å². The van der Waals surface area contributed by atoms with E-state index in [9.17, 15) is 4.79 Å². The Balaban J connectivity index is 2.33. The third-order valence-corrected chi connectivity index (χ3v) is 2.20. The van der Waals surface area contributed by atoms with Crippen molar-refractivity contribution in [2.24, 2.45) is 0 Å². The topological polar surface area (TPSA) is 64.4 Å². The highest BCUT2D eigenvalue weighted by molar-refractivity contribution is 5.76. The van der Waals surface area contributed by atoms with Gasteiger partial charge in [-0.1, -0.05) is 12.1 Å². The first-order valence-corrected chi connectivity index (χ1v) is 4.95. The molecule has 5 heteroatoms. The average molecular weight is 220 g/mol. The van der Waals surface area contributed by atoms with Gasteiger partial charge < -0.3 is 9.84 Å². The number of hydrogen-bond donors (Lipinski definition) is 1. The summed E-state index contributed by atoms with van der Waals surface area (Å²) in [6, 6.07) is 7.15. The molecule has 0 spiro atoms. The van der Waals surface area contributed by atoms with Crippen molar-refractivity contribution in [1.29, 1.82) is 0 Å². The predicted molar refractivity (Wildman–Crippen MR) is 59.0 cm³/mol. The van der Waals surface area contributed by atoms with Crippen molar-refractivity contribution in [3.63, 3.8) is 0 Å². The third kappa shape index (κ3) is 2.10. The van der Waals surface area contributed by atoms with E-state index in [0.717, 1.165) is 0 Å². The van der Waals surface area contributed by atoms with Crippen molar-refractivity contribution in [3.8, 4) is 0 Å². The van der Waals surface area contributed by atoms with Crippen LogP contribution in [0.4, 0.5) is 0 Å². The summed E-state index contributed by atoms with van der Waals surface area (Å²) in [7, 11) is 0. The zero-order valence-electron chi connectivity index (χ0n) is 8.67. The van der Waals surface area contributed by atoms with E-state index in [1.54, 1.807) is 18.2 Å². The van der Waals surface area contributed by atoms with Crippen molar-refractivity contribution < 1.29 is 9.84 Å². The number of ether oxygens (including phenoxy) is 1. The van der Waals surface area contributed by atoms with Crippen molar-refractivity contribution in [3.05, 3.63) is 40.9 Å². The molecule has 0 radical (unpaired) electrons. The molecule has 1 heterocycles. The molecular weight excluding hydrogens is 208 g/mol. The fraction of sp³-hybridized carbons (Fsp3) is 0.273. The molecule has 5 nitrogen and oxygen atoms in total. The number of rotatable bonds is 4. The van der Waals surface area contributed by atoms with Crippen LogP contribution in [0.2, 0.25) is 0 Å². The minimum atomic E-state index is -0.136. The maximum absolute atomic E-state index is 11.9. The van der Waals surface area contributed by atoms with Crippen molar-refractivity contribution in [2.45, 2.75) is 6.73 Å². The van der Waals surface area contributed by atoms with Gasteiger partial charge in [-0.2, -0.15) is 0 Å². The van der Waals surface area contributed by atoms with E-state index < -0.39 is 0 Å². The summed E-state index contributed by atoms with van der Waals surface area (Å²) in [5.74, 6) is 0. The highest BCUT2D eigenvalue weighted by Gasteiger charge is 2.02. The summed E-state index contributed by atoms with van der Waals surface area (Å²) in [5, 5.41) is 9.12. The molecule has 1 N–H and O–H groups in total. The van der Waals surface area contributed by atoms with Gasteiger partial charge in [0.2, 0.25) is 0 Å². The molecule has 0 bridgehead atoms. The van der Waals surface area contributed by atoms with Crippen LogP contribution < -0.4 is 5.56 Å². The Kier molecular flexibility index (Phi) is 3.28. The van der Waals surface area contributed by atoms with E-state index in [1.807, 2.05) is 6.07 Å². The molecule has 0 atom stereocenters. The Morgan fingerprint density at radius 2 is 2.19 bits per heavy atom. The smallest absolute Gasteiger partial charge is 0.263 e. The molecular formula is C11H12N2O3. The maximum atomic E-state index is 11.9. The van der Waals surface area contributed by atoms with E-state index in [0.29, 0.717) is 10.9 Å². The monoisotopic (exact) mass is 220 g/mol. The second-order valence-corrected chi connectivity index (χ2v) is 3.30. The third-order valence-electron chi connectivity index (χ3n) is 2.20. The van der Waals surface area contributed by atoms with Crippen LogP contribution >= 0.6 is 0 Å². The molecule has 0 aliphatic rings. The number of aliphatic hydroxyl groups excluding tert-OH is 1. The molecule has 0 fully saturated rings. The van der Waals surface area contributed by atoms with Crippen LogP contribution in [-0.2, 0) is 11.5 Å². The molecule has 1 aromatic heterocycles. The summed E-state index contributed by atoms with van der Waals surface area (Å²) in [6.45, 7) is 0.256. The van der Waals surface area contributed by atoms with Crippen molar-refractivity contribution >= 4 is 10.9 Å². The normalized spacial score (nSPS) is 10.8. The van der Waals surface area contributed by atoms with Crippen molar-refractivity contribution in [2.75, 3.05) is 13.2 Å². The number of aliphatic hydroxyl groups is 1.